The first-order chi connectivity index (χ1) is 23.0. The van der Waals surface area contributed by atoms with E-state index in [-0.39, 0.29) is 18.6 Å². The van der Waals surface area contributed by atoms with Crippen LogP contribution in [-0.4, -0.2) is 36.5 Å². The second-order valence-electron chi connectivity index (χ2n) is 12.0. The Morgan fingerprint density at radius 1 is 0.957 bits per heavy atom. The third-order valence-electron chi connectivity index (χ3n) is 8.70. The molecule has 5 rings (SSSR count). The number of carbonyl (C=O) groups excluding carboxylic acids is 1. The van der Waals surface area contributed by atoms with Crippen LogP contribution in [0.15, 0.2) is 84.9 Å². The number of nitrogens with one attached hydrogen (secondary N) is 1. The average Bonchev–Trinajstić information content (AvgIpc) is 3.10. The molecule has 47 heavy (non-hydrogen) atoms. The largest absolute Gasteiger partial charge is 0.488 e. The fourth-order valence-electron chi connectivity index (χ4n) is 6.06. The summed E-state index contributed by atoms with van der Waals surface area (Å²) in [4.78, 5) is 15.4. The Morgan fingerprint density at radius 2 is 1.77 bits per heavy atom. The van der Waals surface area contributed by atoms with Crippen LogP contribution in [0.4, 0.5) is 0 Å². The lowest BCUT2D eigenvalue weighted by Gasteiger charge is -2.35. The number of hydrogen-bond acceptors (Lipinski definition) is 6. The number of carbonyl (C=O) groups is 1. The minimum atomic E-state index is -0.226. The van der Waals surface area contributed by atoms with Crippen molar-refractivity contribution in [2.75, 3.05) is 19.6 Å². The molecule has 1 aliphatic rings. The molecule has 4 aromatic carbocycles. The average molecular weight is 651 g/mol. The van der Waals surface area contributed by atoms with Crippen LogP contribution in [0.25, 0.3) is 11.1 Å². The molecule has 8 heteroatoms. The Morgan fingerprint density at radius 3 is 2.57 bits per heavy atom. The highest BCUT2D eigenvalue weighted by Crippen LogP contribution is 2.36. The van der Waals surface area contributed by atoms with Gasteiger partial charge in [0, 0.05) is 24.7 Å². The van der Waals surface area contributed by atoms with E-state index in [1.54, 1.807) is 6.07 Å². The zero-order valence-electron chi connectivity index (χ0n) is 27.0. The van der Waals surface area contributed by atoms with Crippen molar-refractivity contribution in [2.24, 2.45) is 5.73 Å². The summed E-state index contributed by atoms with van der Waals surface area (Å²) in [6.07, 6.45) is 4.58. The minimum absolute atomic E-state index is 0.0525. The normalized spacial score (nSPS) is 14.7. The van der Waals surface area contributed by atoms with Gasteiger partial charge >= 0.3 is 0 Å². The quantitative estimate of drug-likeness (QED) is 0.137. The first kappa shape index (κ1) is 34.0. The molecule has 1 unspecified atom stereocenters. The third kappa shape index (κ3) is 9.14. The van der Waals surface area contributed by atoms with Gasteiger partial charge < -0.3 is 20.5 Å². The Bertz CT molecular complexity index is 1690. The number of hydrogen-bond donors (Lipinski definition) is 2. The zero-order chi connectivity index (χ0) is 33.0. The van der Waals surface area contributed by atoms with Crippen molar-refractivity contribution < 1.29 is 14.3 Å². The number of amides is 1. The van der Waals surface area contributed by atoms with Gasteiger partial charge in [0.1, 0.15) is 24.7 Å². The predicted octanol–water partition coefficient (Wildman–Crippen LogP) is 7.55. The molecule has 0 aromatic heterocycles. The van der Waals surface area contributed by atoms with Crippen LogP contribution in [-0.2, 0) is 24.6 Å². The highest BCUT2D eigenvalue weighted by atomic mass is 35.5. The van der Waals surface area contributed by atoms with E-state index in [4.69, 9.17) is 26.8 Å². The van der Waals surface area contributed by atoms with Crippen molar-refractivity contribution in [1.82, 2.24) is 10.2 Å². The Labute approximate surface area is 283 Å². The number of benzene rings is 4. The molecule has 1 amide bonds. The fourth-order valence-corrected chi connectivity index (χ4v) is 6.30. The van der Waals surface area contributed by atoms with Crippen LogP contribution in [0.3, 0.4) is 0 Å². The van der Waals surface area contributed by atoms with Crippen molar-refractivity contribution in [2.45, 2.75) is 64.8 Å². The number of halogens is 1. The van der Waals surface area contributed by atoms with Crippen molar-refractivity contribution in [3.05, 3.63) is 118 Å². The van der Waals surface area contributed by atoms with Crippen LogP contribution < -0.4 is 20.5 Å². The molecule has 1 aliphatic heterocycles. The molecule has 1 heterocycles. The van der Waals surface area contributed by atoms with E-state index in [9.17, 15) is 10.1 Å². The summed E-state index contributed by atoms with van der Waals surface area (Å²) >= 11 is 6.88. The van der Waals surface area contributed by atoms with Crippen molar-refractivity contribution >= 4 is 17.5 Å². The monoisotopic (exact) mass is 650 g/mol. The first-order valence-electron chi connectivity index (χ1n) is 16.4. The fraction of sp³-hybridized carbons (Fsp3) is 0.333. The van der Waals surface area contributed by atoms with E-state index >= 15 is 0 Å². The van der Waals surface area contributed by atoms with Crippen LogP contribution in [0, 0.1) is 18.3 Å². The van der Waals surface area contributed by atoms with E-state index < -0.39 is 0 Å². The lowest BCUT2D eigenvalue weighted by Crippen LogP contribution is -2.49. The summed E-state index contributed by atoms with van der Waals surface area (Å²) in [5.74, 6) is 1.21. The maximum atomic E-state index is 13.2. The number of rotatable bonds is 14. The van der Waals surface area contributed by atoms with E-state index in [1.807, 2.05) is 54.6 Å². The summed E-state index contributed by atoms with van der Waals surface area (Å²) in [6, 6.07) is 29.7. The lowest BCUT2D eigenvalue weighted by atomic mass is 9.97. The highest BCUT2D eigenvalue weighted by molar-refractivity contribution is 6.32. The number of likely N-dealkylation sites (tertiary alicyclic amines) is 1. The molecule has 1 fully saturated rings. The molecule has 0 saturated carbocycles. The Kier molecular flexibility index (Phi) is 12.3. The van der Waals surface area contributed by atoms with Crippen molar-refractivity contribution in [1.29, 1.82) is 5.26 Å². The summed E-state index contributed by atoms with van der Waals surface area (Å²) in [5, 5.41) is 13.0. The third-order valence-corrected chi connectivity index (χ3v) is 8.99. The molecule has 0 spiro atoms. The second kappa shape index (κ2) is 17.0. The predicted molar refractivity (Wildman–Crippen MR) is 187 cm³/mol. The van der Waals surface area contributed by atoms with Crippen LogP contribution >= 0.6 is 11.6 Å². The SMILES string of the molecule is Cc1c(COc2cc(OCc3cccc(C#N)c3)c(CN3CCCCC3C(=O)NCCCCN)cc2Cl)cccc1-c1ccccc1. The van der Waals surface area contributed by atoms with Gasteiger partial charge in [-0.3, -0.25) is 9.69 Å². The van der Waals surface area contributed by atoms with Gasteiger partial charge in [0.15, 0.2) is 0 Å². The number of piperidine rings is 1. The summed E-state index contributed by atoms with van der Waals surface area (Å²) in [5.41, 5.74) is 12.5. The van der Waals surface area contributed by atoms with E-state index in [1.165, 1.54) is 0 Å². The number of nitrogens with two attached hydrogens (primary N) is 1. The summed E-state index contributed by atoms with van der Waals surface area (Å²) in [6.45, 7) is 5.28. The summed E-state index contributed by atoms with van der Waals surface area (Å²) < 4.78 is 12.8. The number of nitriles is 1. The van der Waals surface area contributed by atoms with E-state index in [0.717, 1.165) is 72.0 Å². The van der Waals surface area contributed by atoms with Gasteiger partial charge in [-0.1, -0.05) is 78.7 Å². The molecule has 3 N–H and O–H groups in total. The van der Waals surface area contributed by atoms with Crippen molar-refractivity contribution in [3.8, 4) is 28.7 Å². The van der Waals surface area contributed by atoms with E-state index in [2.05, 4.69) is 47.5 Å². The van der Waals surface area contributed by atoms with Gasteiger partial charge in [-0.2, -0.15) is 5.26 Å². The van der Waals surface area contributed by atoms with Crippen LogP contribution in [0.5, 0.6) is 11.5 Å². The van der Waals surface area contributed by atoms with E-state index in [0.29, 0.717) is 48.3 Å². The summed E-state index contributed by atoms with van der Waals surface area (Å²) in [7, 11) is 0. The molecule has 0 radical (unpaired) electrons. The Hall–Kier alpha value is -4.35. The van der Waals surface area contributed by atoms with Gasteiger partial charge in [0.05, 0.1) is 22.7 Å². The molecule has 1 saturated heterocycles. The molecule has 0 bridgehead atoms. The van der Waals surface area contributed by atoms with Crippen molar-refractivity contribution in [3.63, 3.8) is 0 Å². The second-order valence-corrected chi connectivity index (χ2v) is 12.4. The molecular weight excluding hydrogens is 608 g/mol. The topological polar surface area (TPSA) is 101 Å². The number of nitrogens with zero attached hydrogens (tertiary/aromatic N) is 2. The van der Waals surface area contributed by atoms with Gasteiger partial charge in [-0.25, -0.2) is 0 Å². The molecule has 1 atom stereocenters. The smallest absolute Gasteiger partial charge is 0.237 e. The van der Waals surface area contributed by atoms with Gasteiger partial charge in [0.25, 0.3) is 0 Å². The standard InChI is InChI=1S/C39H43ClN4O3/c1-28-32(15-10-16-34(28)31-13-3-2-4-14-31)27-47-38-23-37(46-26-30-12-9-11-29(21-30)24-42)33(22-35(38)40)25-44-20-8-5-17-36(44)39(45)43-19-7-6-18-41/h2-4,9-16,21-23,36H,5-8,17-20,25-27,41H2,1H3,(H,43,45). The highest BCUT2D eigenvalue weighted by Gasteiger charge is 2.29. The molecular formula is C39H43ClN4O3. The lowest BCUT2D eigenvalue weighted by molar-refractivity contribution is -0.127. The van der Waals surface area contributed by atoms with Crippen LogP contribution in [0.2, 0.25) is 5.02 Å². The van der Waals surface area contributed by atoms with Gasteiger partial charge in [-0.15, -0.1) is 0 Å². The van der Waals surface area contributed by atoms with Gasteiger partial charge in [-0.05, 0) is 91.7 Å². The molecule has 7 nitrogen and oxygen atoms in total. The minimum Gasteiger partial charge on any atom is -0.488 e. The first-order valence-corrected chi connectivity index (χ1v) is 16.8. The Balaban J connectivity index is 1.38. The maximum Gasteiger partial charge on any atom is 0.237 e. The van der Waals surface area contributed by atoms with Crippen LogP contribution in [0.1, 0.15) is 59.9 Å². The zero-order valence-corrected chi connectivity index (χ0v) is 27.8. The molecule has 244 valence electrons. The maximum absolute atomic E-state index is 13.2. The van der Waals surface area contributed by atoms with Gasteiger partial charge in [0.2, 0.25) is 5.91 Å². The number of unbranched alkanes of at least 4 members (excludes halogenated alkanes) is 1. The molecule has 0 aliphatic carbocycles. The molecule has 4 aromatic rings. The number of ether oxygens (including phenoxy) is 2.